The van der Waals surface area contributed by atoms with Crippen LogP contribution in [-0.4, -0.2) is 49.0 Å². The van der Waals surface area contributed by atoms with Crippen LogP contribution in [0.4, 0.5) is 14.7 Å². The van der Waals surface area contributed by atoms with E-state index in [2.05, 4.69) is 40.6 Å². The second-order valence-corrected chi connectivity index (χ2v) is 7.89. The average Bonchev–Trinajstić information content (AvgIpc) is 3.05. The molecule has 9 nitrogen and oxygen atoms in total. The summed E-state index contributed by atoms with van der Waals surface area (Å²) in [7, 11) is -1.68. The topological polar surface area (TPSA) is 119 Å². The van der Waals surface area contributed by atoms with Gasteiger partial charge >= 0.3 is 0 Å². The standard InChI is InChI=1S/C15H14BrF2N5O4S/c1-26-13-8(5-11(17)18)14(27-2)22-15(21-13)23-28(24,25)9-6-19-12-7(9)3-4-10(16)20-12/h3-4,6,11H,5H2,1-2H3,(H,19,20)(H,21,22,23). The van der Waals surface area contributed by atoms with Crippen LogP contribution in [0.25, 0.3) is 11.0 Å². The SMILES string of the molecule is COc1nc(NS(=O)(=O)c2c[nH]c3nc(Br)ccc23)nc(OC)c1CC(F)F. The quantitative estimate of drug-likeness (QED) is 0.502. The Labute approximate surface area is 166 Å². The summed E-state index contributed by atoms with van der Waals surface area (Å²) in [6.45, 7) is 0. The van der Waals surface area contributed by atoms with E-state index in [-0.39, 0.29) is 28.2 Å². The van der Waals surface area contributed by atoms with Gasteiger partial charge in [-0.2, -0.15) is 9.97 Å². The van der Waals surface area contributed by atoms with Gasteiger partial charge in [-0.25, -0.2) is 26.9 Å². The van der Waals surface area contributed by atoms with Gasteiger partial charge in [-0.1, -0.05) is 0 Å². The van der Waals surface area contributed by atoms with Crippen molar-refractivity contribution in [2.45, 2.75) is 17.7 Å². The number of alkyl halides is 2. The first kappa shape index (κ1) is 20.2. The van der Waals surface area contributed by atoms with Crippen molar-refractivity contribution in [3.63, 3.8) is 0 Å². The zero-order valence-electron chi connectivity index (χ0n) is 14.5. The Kier molecular flexibility index (Phi) is 5.65. The van der Waals surface area contributed by atoms with Gasteiger partial charge in [-0.05, 0) is 28.1 Å². The number of ether oxygens (including phenoxy) is 2. The number of halogens is 3. The Morgan fingerprint density at radius 2 is 1.82 bits per heavy atom. The van der Waals surface area contributed by atoms with Gasteiger partial charge in [-0.15, -0.1) is 0 Å². The molecule has 0 fully saturated rings. The lowest BCUT2D eigenvalue weighted by Crippen LogP contribution is -2.16. The molecule has 28 heavy (non-hydrogen) atoms. The molecule has 3 heterocycles. The Bertz CT molecular complexity index is 1100. The minimum absolute atomic E-state index is 0.0657. The number of nitrogens with one attached hydrogen (secondary N) is 2. The van der Waals surface area contributed by atoms with Crippen LogP contribution in [0.2, 0.25) is 0 Å². The molecule has 0 unspecified atom stereocenters. The molecule has 0 atom stereocenters. The highest BCUT2D eigenvalue weighted by Crippen LogP contribution is 2.30. The number of pyridine rings is 1. The maximum absolute atomic E-state index is 12.8. The molecule has 150 valence electrons. The summed E-state index contributed by atoms with van der Waals surface area (Å²) >= 11 is 3.20. The summed E-state index contributed by atoms with van der Waals surface area (Å²) in [5.74, 6) is -0.810. The van der Waals surface area contributed by atoms with Crippen LogP contribution in [0.5, 0.6) is 11.8 Å². The molecule has 0 saturated heterocycles. The van der Waals surface area contributed by atoms with E-state index in [0.29, 0.717) is 15.6 Å². The van der Waals surface area contributed by atoms with Crippen LogP contribution in [-0.2, 0) is 16.4 Å². The Morgan fingerprint density at radius 1 is 1.18 bits per heavy atom. The fraction of sp³-hybridized carbons (Fsp3) is 0.267. The van der Waals surface area contributed by atoms with Crippen molar-refractivity contribution >= 4 is 42.9 Å². The maximum Gasteiger partial charge on any atom is 0.266 e. The largest absolute Gasteiger partial charge is 0.481 e. The van der Waals surface area contributed by atoms with Gasteiger partial charge in [0.05, 0.1) is 19.8 Å². The number of hydrogen-bond donors (Lipinski definition) is 2. The first-order valence-corrected chi connectivity index (χ1v) is 9.96. The molecule has 0 spiro atoms. The molecule has 0 aliphatic carbocycles. The third-order valence-electron chi connectivity index (χ3n) is 3.66. The molecule has 0 amide bonds. The van der Waals surface area contributed by atoms with Gasteiger partial charge in [0.15, 0.2) is 0 Å². The summed E-state index contributed by atoms with van der Waals surface area (Å²) < 4.78 is 63.9. The third-order valence-corrected chi connectivity index (χ3v) is 5.47. The van der Waals surface area contributed by atoms with Crippen LogP contribution in [0.15, 0.2) is 27.8 Å². The van der Waals surface area contributed by atoms with Crippen molar-refractivity contribution < 1.29 is 26.7 Å². The molecular weight excluding hydrogens is 464 g/mol. The first-order valence-electron chi connectivity index (χ1n) is 7.68. The number of H-pyrrole nitrogens is 1. The summed E-state index contributed by atoms with van der Waals surface area (Å²) in [5.41, 5.74) is 0.294. The highest BCUT2D eigenvalue weighted by molar-refractivity contribution is 9.10. The minimum Gasteiger partial charge on any atom is -0.481 e. The van der Waals surface area contributed by atoms with Gasteiger partial charge < -0.3 is 14.5 Å². The fourth-order valence-corrected chi connectivity index (χ4v) is 3.93. The smallest absolute Gasteiger partial charge is 0.266 e. The van der Waals surface area contributed by atoms with Gasteiger partial charge in [0.25, 0.3) is 10.0 Å². The highest BCUT2D eigenvalue weighted by atomic mass is 79.9. The van der Waals surface area contributed by atoms with Crippen LogP contribution >= 0.6 is 15.9 Å². The Morgan fingerprint density at radius 3 is 2.39 bits per heavy atom. The fourth-order valence-electron chi connectivity index (χ4n) is 2.51. The van der Waals surface area contributed by atoms with Crippen molar-refractivity contribution in [3.05, 3.63) is 28.5 Å². The molecular formula is C15H14BrF2N5O4S. The summed E-state index contributed by atoms with van der Waals surface area (Å²) in [4.78, 5) is 14.6. The molecule has 0 saturated carbocycles. The lowest BCUT2D eigenvalue weighted by molar-refractivity contribution is 0.146. The highest BCUT2D eigenvalue weighted by Gasteiger charge is 2.24. The predicted octanol–water partition coefficient (Wildman–Crippen LogP) is 2.74. The van der Waals surface area contributed by atoms with Crippen LogP contribution in [0.1, 0.15) is 5.56 Å². The second-order valence-electron chi connectivity index (χ2n) is 5.43. The van der Waals surface area contributed by atoms with E-state index in [1.165, 1.54) is 20.4 Å². The van der Waals surface area contributed by atoms with Crippen molar-refractivity contribution in [2.75, 3.05) is 18.9 Å². The number of rotatable bonds is 7. The molecule has 0 radical (unpaired) electrons. The second kappa shape index (κ2) is 7.83. The summed E-state index contributed by atoms with van der Waals surface area (Å²) in [6.07, 6.45) is -2.12. The first-order chi connectivity index (χ1) is 13.2. The summed E-state index contributed by atoms with van der Waals surface area (Å²) in [5, 5.41) is 0.351. The van der Waals surface area contributed by atoms with Crippen molar-refractivity contribution in [1.29, 1.82) is 0 Å². The number of fused-ring (bicyclic) bond motifs is 1. The average molecular weight is 478 g/mol. The molecule has 3 rings (SSSR count). The molecule has 3 aromatic heterocycles. The van der Waals surface area contributed by atoms with Crippen LogP contribution in [0.3, 0.4) is 0 Å². The van der Waals surface area contributed by atoms with E-state index in [0.717, 1.165) is 0 Å². The predicted molar refractivity (Wildman–Crippen MR) is 99.4 cm³/mol. The number of methoxy groups -OCH3 is 2. The van der Waals surface area contributed by atoms with Crippen LogP contribution in [0, 0.1) is 0 Å². The lowest BCUT2D eigenvalue weighted by atomic mass is 10.2. The van der Waals surface area contributed by atoms with Crippen molar-refractivity contribution in [2.24, 2.45) is 0 Å². The van der Waals surface area contributed by atoms with Gasteiger partial charge in [0.2, 0.25) is 24.1 Å². The molecule has 3 aromatic rings. The minimum atomic E-state index is -4.12. The number of anilines is 1. The Balaban J connectivity index is 2.01. The van der Waals surface area contributed by atoms with Gasteiger partial charge in [-0.3, -0.25) is 0 Å². The maximum atomic E-state index is 12.8. The third kappa shape index (κ3) is 3.99. The molecule has 0 aromatic carbocycles. The molecule has 2 N–H and O–H groups in total. The monoisotopic (exact) mass is 477 g/mol. The van der Waals surface area contributed by atoms with Crippen molar-refractivity contribution in [1.82, 2.24) is 19.9 Å². The lowest BCUT2D eigenvalue weighted by Gasteiger charge is -2.13. The zero-order valence-corrected chi connectivity index (χ0v) is 16.9. The number of aromatic nitrogens is 4. The molecule has 13 heteroatoms. The van der Waals surface area contributed by atoms with E-state index in [1.807, 2.05) is 0 Å². The molecule has 0 bridgehead atoms. The van der Waals surface area contributed by atoms with E-state index in [1.54, 1.807) is 12.1 Å². The zero-order chi connectivity index (χ0) is 20.5. The van der Waals surface area contributed by atoms with Crippen molar-refractivity contribution in [3.8, 4) is 11.8 Å². The van der Waals surface area contributed by atoms with E-state index >= 15 is 0 Å². The Hall–Kier alpha value is -2.54. The van der Waals surface area contributed by atoms with Gasteiger partial charge in [0, 0.05) is 18.0 Å². The normalized spacial score (nSPS) is 11.8. The van der Waals surface area contributed by atoms with E-state index in [4.69, 9.17) is 9.47 Å². The van der Waals surface area contributed by atoms with Crippen LogP contribution < -0.4 is 14.2 Å². The number of nitrogens with zero attached hydrogens (tertiary/aromatic N) is 3. The van der Waals surface area contributed by atoms with Gasteiger partial charge in [0.1, 0.15) is 15.1 Å². The van der Waals surface area contributed by atoms with E-state index in [9.17, 15) is 17.2 Å². The molecule has 0 aliphatic rings. The number of aromatic amines is 1. The van der Waals surface area contributed by atoms with E-state index < -0.39 is 22.9 Å². The number of sulfonamides is 1. The molecule has 0 aliphatic heterocycles. The summed E-state index contributed by atoms with van der Waals surface area (Å²) in [6, 6.07) is 3.17. The number of hydrogen-bond acceptors (Lipinski definition) is 7.